The summed E-state index contributed by atoms with van der Waals surface area (Å²) in [6, 6.07) is 29.6. The summed E-state index contributed by atoms with van der Waals surface area (Å²) in [5.41, 5.74) is 5.11. The minimum Gasteiger partial charge on any atom is -0.488 e. The third kappa shape index (κ3) is 6.35. The topological polar surface area (TPSA) is 85.2 Å². The highest BCUT2D eigenvalue weighted by Crippen LogP contribution is 2.39. The molecule has 9 heteroatoms. The number of nitrogens with zero attached hydrogens (tertiary/aromatic N) is 4. The number of carbonyl (C=O) groups excluding carboxylic acids is 1. The van der Waals surface area contributed by atoms with Gasteiger partial charge in [0.1, 0.15) is 24.2 Å². The van der Waals surface area contributed by atoms with Gasteiger partial charge in [-0.2, -0.15) is 5.26 Å². The monoisotopic (exact) mass is 605 g/mol. The van der Waals surface area contributed by atoms with Gasteiger partial charge >= 0.3 is 0 Å². The Labute approximate surface area is 260 Å². The fraction of sp³-hybridized carbons (Fsp3) is 0.171. The van der Waals surface area contributed by atoms with Crippen molar-refractivity contribution in [3.63, 3.8) is 0 Å². The SMILES string of the molecule is N#Cc1cc(CC(c2cnc[nH]2)N2CCN(c3cc(Cl)ccc3-c3ccccc3OCc3ccccc3)C(=O)C2)ccc1F. The molecule has 1 fully saturated rings. The second-order valence-corrected chi connectivity index (χ2v) is 11.0. The largest absolute Gasteiger partial charge is 0.488 e. The number of anilines is 1. The maximum absolute atomic E-state index is 14.0. The molecule has 0 radical (unpaired) electrons. The van der Waals surface area contributed by atoms with Crippen LogP contribution in [0.15, 0.2) is 104 Å². The highest BCUT2D eigenvalue weighted by atomic mass is 35.5. The molecule has 5 aromatic rings. The van der Waals surface area contributed by atoms with Crippen LogP contribution in [0.1, 0.15) is 28.4 Å². The zero-order valence-corrected chi connectivity index (χ0v) is 24.5. The molecule has 220 valence electrons. The number of ether oxygens (including phenoxy) is 1. The van der Waals surface area contributed by atoms with E-state index < -0.39 is 5.82 Å². The molecule has 1 N–H and O–H groups in total. The summed E-state index contributed by atoms with van der Waals surface area (Å²) >= 11 is 6.48. The zero-order chi connectivity index (χ0) is 30.5. The molecule has 7 nitrogen and oxygen atoms in total. The number of para-hydroxylation sites is 1. The van der Waals surface area contributed by atoms with E-state index in [1.807, 2.05) is 78.9 Å². The summed E-state index contributed by atoms with van der Waals surface area (Å²) in [5, 5.41) is 9.85. The average molecular weight is 606 g/mol. The maximum atomic E-state index is 14.0. The predicted octanol–water partition coefficient (Wildman–Crippen LogP) is 6.95. The van der Waals surface area contributed by atoms with E-state index in [0.29, 0.717) is 42.6 Å². The Kier molecular flexibility index (Phi) is 8.69. The molecule has 1 unspecified atom stereocenters. The Morgan fingerprint density at radius 1 is 0.977 bits per heavy atom. The van der Waals surface area contributed by atoms with E-state index in [1.165, 1.54) is 6.07 Å². The number of aromatic amines is 1. The lowest BCUT2D eigenvalue weighted by molar-refractivity contribution is -0.122. The molecule has 1 amide bonds. The Morgan fingerprint density at radius 2 is 1.80 bits per heavy atom. The van der Waals surface area contributed by atoms with Crippen molar-refractivity contribution < 1.29 is 13.9 Å². The zero-order valence-electron chi connectivity index (χ0n) is 23.8. The third-order valence-electron chi connectivity index (χ3n) is 7.81. The van der Waals surface area contributed by atoms with Gasteiger partial charge in [0.05, 0.1) is 35.9 Å². The van der Waals surface area contributed by atoms with Gasteiger partial charge in [0.15, 0.2) is 0 Å². The molecule has 1 saturated heterocycles. The number of halogens is 2. The van der Waals surface area contributed by atoms with E-state index in [9.17, 15) is 14.4 Å². The van der Waals surface area contributed by atoms with Crippen LogP contribution in [0.2, 0.25) is 5.02 Å². The number of hydrogen-bond donors (Lipinski definition) is 1. The molecular weight excluding hydrogens is 577 g/mol. The lowest BCUT2D eigenvalue weighted by Crippen LogP contribution is -2.52. The Hall–Kier alpha value is -4.97. The molecule has 1 aliphatic heterocycles. The normalized spacial score (nSPS) is 14.3. The van der Waals surface area contributed by atoms with Gasteiger partial charge in [0, 0.05) is 35.4 Å². The van der Waals surface area contributed by atoms with Crippen LogP contribution in [0, 0.1) is 17.1 Å². The second kappa shape index (κ2) is 13.1. The van der Waals surface area contributed by atoms with Crippen LogP contribution in [0.5, 0.6) is 5.75 Å². The molecule has 0 spiro atoms. The van der Waals surface area contributed by atoms with Crippen molar-refractivity contribution in [3.8, 4) is 22.9 Å². The first-order valence-corrected chi connectivity index (χ1v) is 14.6. The number of H-pyrrole nitrogens is 1. The molecule has 44 heavy (non-hydrogen) atoms. The number of carbonyl (C=O) groups is 1. The summed E-state index contributed by atoms with van der Waals surface area (Å²) < 4.78 is 20.3. The third-order valence-corrected chi connectivity index (χ3v) is 8.05. The molecule has 1 aromatic heterocycles. The summed E-state index contributed by atoms with van der Waals surface area (Å²) in [4.78, 5) is 25.1. The second-order valence-electron chi connectivity index (χ2n) is 10.6. The molecular formula is C35H29ClFN5O2. The molecule has 1 aliphatic rings. The van der Waals surface area contributed by atoms with Crippen molar-refractivity contribution in [2.45, 2.75) is 19.1 Å². The van der Waals surface area contributed by atoms with E-state index in [0.717, 1.165) is 27.9 Å². The predicted molar refractivity (Wildman–Crippen MR) is 168 cm³/mol. The van der Waals surface area contributed by atoms with Crippen LogP contribution in [0.4, 0.5) is 10.1 Å². The van der Waals surface area contributed by atoms with E-state index in [1.54, 1.807) is 29.6 Å². The van der Waals surface area contributed by atoms with Crippen molar-refractivity contribution in [1.82, 2.24) is 14.9 Å². The quantitative estimate of drug-likeness (QED) is 0.196. The molecule has 1 atom stereocenters. The summed E-state index contributed by atoms with van der Waals surface area (Å²) in [6.45, 7) is 1.56. The minimum atomic E-state index is -0.553. The molecule has 0 saturated carbocycles. The summed E-state index contributed by atoms with van der Waals surface area (Å²) in [6.07, 6.45) is 3.80. The van der Waals surface area contributed by atoms with Gasteiger partial charge in [-0.1, -0.05) is 72.3 Å². The molecule has 4 aromatic carbocycles. The fourth-order valence-corrected chi connectivity index (χ4v) is 5.78. The highest BCUT2D eigenvalue weighted by Gasteiger charge is 2.33. The fourth-order valence-electron chi connectivity index (χ4n) is 5.61. The van der Waals surface area contributed by atoms with Crippen LogP contribution in [0.3, 0.4) is 0 Å². The number of piperazine rings is 1. The molecule has 0 bridgehead atoms. The van der Waals surface area contributed by atoms with Crippen LogP contribution in [-0.4, -0.2) is 40.4 Å². The van der Waals surface area contributed by atoms with Gasteiger partial charge < -0.3 is 14.6 Å². The average Bonchev–Trinajstić information content (AvgIpc) is 3.59. The van der Waals surface area contributed by atoms with Gasteiger partial charge in [-0.25, -0.2) is 9.37 Å². The number of nitriles is 1. The van der Waals surface area contributed by atoms with E-state index in [-0.39, 0.29) is 24.1 Å². The number of imidazole rings is 1. The Bertz CT molecular complexity index is 1810. The standard InChI is InChI=1S/C35H29ClFN5O2/c36-27-11-12-28(29-8-4-5-9-34(29)44-22-24-6-2-1-3-7-24)32(18-27)42-15-14-41(21-35(42)43)33(31-20-39-23-40-31)17-25-10-13-30(37)26(16-25)19-38/h1-13,16,18,20,23,33H,14-15,17,21-22H2,(H,39,40). The van der Waals surface area contributed by atoms with Gasteiger partial charge in [0.2, 0.25) is 5.91 Å². The van der Waals surface area contributed by atoms with Crippen LogP contribution >= 0.6 is 11.6 Å². The molecule has 6 rings (SSSR count). The van der Waals surface area contributed by atoms with Gasteiger partial charge in [-0.3, -0.25) is 9.69 Å². The molecule has 0 aliphatic carbocycles. The minimum absolute atomic E-state index is 0.00623. The van der Waals surface area contributed by atoms with E-state index in [4.69, 9.17) is 16.3 Å². The van der Waals surface area contributed by atoms with Crippen molar-refractivity contribution in [3.05, 3.63) is 137 Å². The van der Waals surface area contributed by atoms with Crippen molar-refractivity contribution in [2.24, 2.45) is 0 Å². The highest BCUT2D eigenvalue weighted by molar-refractivity contribution is 6.31. The number of amides is 1. The van der Waals surface area contributed by atoms with Gasteiger partial charge in [0.25, 0.3) is 0 Å². The van der Waals surface area contributed by atoms with Crippen molar-refractivity contribution in [2.75, 3.05) is 24.5 Å². The molecule has 2 heterocycles. The summed E-state index contributed by atoms with van der Waals surface area (Å²) in [7, 11) is 0. The maximum Gasteiger partial charge on any atom is 0.241 e. The van der Waals surface area contributed by atoms with Crippen LogP contribution in [0.25, 0.3) is 11.1 Å². The number of nitrogens with one attached hydrogen (secondary N) is 1. The van der Waals surface area contributed by atoms with Crippen LogP contribution in [-0.2, 0) is 17.8 Å². The lowest BCUT2D eigenvalue weighted by Gasteiger charge is -2.39. The smallest absolute Gasteiger partial charge is 0.241 e. The van der Waals surface area contributed by atoms with Crippen molar-refractivity contribution in [1.29, 1.82) is 5.26 Å². The summed E-state index contributed by atoms with van der Waals surface area (Å²) in [5.74, 6) is 0.0765. The number of benzene rings is 4. The Balaban J connectivity index is 1.26. The first kappa shape index (κ1) is 29.1. The van der Waals surface area contributed by atoms with E-state index in [2.05, 4.69) is 14.9 Å². The van der Waals surface area contributed by atoms with E-state index >= 15 is 0 Å². The number of hydrogen-bond acceptors (Lipinski definition) is 5. The van der Waals surface area contributed by atoms with Crippen molar-refractivity contribution >= 4 is 23.2 Å². The van der Waals surface area contributed by atoms with Gasteiger partial charge in [-0.05, 0) is 47.9 Å². The number of aromatic nitrogens is 2. The van der Waals surface area contributed by atoms with Gasteiger partial charge in [-0.15, -0.1) is 0 Å². The first-order valence-electron chi connectivity index (χ1n) is 14.3. The lowest BCUT2D eigenvalue weighted by atomic mass is 9.98. The number of rotatable bonds is 9. The van der Waals surface area contributed by atoms with Crippen LogP contribution < -0.4 is 9.64 Å². The Morgan fingerprint density at radius 3 is 2.57 bits per heavy atom. The first-order chi connectivity index (χ1) is 21.5.